The number of benzene rings is 1. The molecular formula is C11H13N3. The minimum atomic E-state index is 0.567. The molecule has 3 N–H and O–H groups in total. The Balaban J connectivity index is 2.47. The molecule has 0 saturated carbocycles. The summed E-state index contributed by atoms with van der Waals surface area (Å²) < 4.78 is 0. The van der Waals surface area contributed by atoms with Gasteiger partial charge in [-0.25, -0.2) is 0 Å². The number of rotatable bonds is 2. The first kappa shape index (κ1) is 8.97. The summed E-state index contributed by atoms with van der Waals surface area (Å²) in [5.74, 6) is 0. The molecule has 0 aliphatic carbocycles. The Labute approximate surface area is 83.0 Å². The first-order valence-corrected chi connectivity index (χ1v) is 4.61. The topological polar surface area (TPSA) is 54.7 Å². The number of aromatic amines is 1. The number of hydrogen-bond acceptors (Lipinski definition) is 2. The second kappa shape index (κ2) is 3.64. The van der Waals surface area contributed by atoms with Crippen molar-refractivity contribution in [2.24, 2.45) is 5.73 Å². The van der Waals surface area contributed by atoms with Gasteiger partial charge in [0, 0.05) is 18.3 Å². The fourth-order valence-electron chi connectivity index (χ4n) is 1.49. The highest BCUT2D eigenvalue weighted by atomic mass is 15.1. The Morgan fingerprint density at radius 2 is 2.29 bits per heavy atom. The lowest BCUT2D eigenvalue weighted by Gasteiger charge is -2.01. The number of nitrogens with one attached hydrogen (secondary N) is 1. The molecule has 2 rings (SSSR count). The van der Waals surface area contributed by atoms with Crippen molar-refractivity contribution >= 4 is 0 Å². The Morgan fingerprint density at radius 3 is 2.93 bits per heavy atom. The van der Waals surface area contributed by atoms with Gasteiger partial charge in [0.1, 0.15) is 0 Å². The zero-order valence-electron chi connectivity index (χ0n) is 8.12. The Hall–Kier alpha value is -1.61. The van der Waals surface area contributed by atoms with Crippen LogP contribution in [0.3, 0.4) is 0 Å². The van der Waals surface area contributed by atoms with Gasteiger partial charge in [-0.1, -0.05) is 18.2 Å². The molecule has 0 aliphatic rings. The van der Waals surface area contributed by atoms with Gasteiger partial charge >= 0.3 is 0 Å². The third-order valence-corrected chi connectivity index (χ3v) is 2.27. The summed E-state index contributed by atoms with van der Waals surface area (Å²) in [4.78, 5) is 0. The average Bonchev–Trinajstić information content (AvgIpc) is 2.65. The maximum Gasteiger partial charge on any atom is 0.0949 e. The molecule has 0 saturated heterocycles. The third kappa shape index (κ3) is 1.54. The number of H-pyrrole nitrogens is 1. The standard InChI is InChI=1S/C11H13N3/c1-8-7-13-14-11(8)10-4-2-3-9(5-10)6-12/h2-5,7H,6,12H2,1H3,(H,13,14). The van der Waals surface area contributed by atoms with Crippen LogP contribution < -0.4 is 5.73 Å². The van der Waals surface area contributed by atoms with Crippen LogP contribution in [0.5, 0.6) is 0 Å². The Kier molecular flexibility index (Phi) is 2.33. The van der Waals surface area contributed by atoms with E-state index in [4.69, 9.17) is 5.73 Å². The Bertz CT molecular complexity index is 432. The summed E-state index contributed by atoms with van der Waals surface area (Å²) in [6, 6.07) is 8.14. The molecule has 0 bridgehead atoms. The third-order valence-electron chi connectivity index (χ3n) is 2.27. The van der Waals surface area contributed by atoms with Gasteiger partial charge in [-0.3, -0.25) is 5.10 Å². The van der Waals surface area contributed by atoms with Crippen LogP contribution >= 0.6 is 0 Å². The van der Waals surface area contributed by atoms with Crippen LogP contribution in [0.2, 0.25) is 0 Å². The highest BCUT2D eigenvalue weighted by Crippen LogP contribution is 2.20. The van der Waals surface area contributed by atoms with E-state index in [0.717, 1.165) is 22.4 Å². The fourth-order valence-corrected chi connectivity index (χ4v) is 1.49. The van der Waals surface area contributed by atoms with Gasteiger partial charge in [0.25, 0.3) is 0 Å². The van der Waals surface area contributed by atoms with Crippen molar-refractivity contribution in [3.8, 4) is 11.3 Å². The molecule has 3 nitrogen and oxygen atoms in total. The number of nitrogens with zero attached hydrogens (tertiary/aromatic N) is 1. The lowest BCUT2D eigenvalue weighted by atomic mass is 10.1. The molecule has 0 spiro atoms. The summed E-state index contributed by atoms with van der Waals surface area (Å²) in [5.41, 5.74) is 9.98. The van der Waals surface area contributed by atoms with Crippen molar-refractivity contribution in [1.82, 2.24) is 10.2 Å². The van der Waals surface area contributed by atoms with Gasteiger partial charge in [0.15, 0.2) is 0 Å². The molecule has 72 valence electrons. The number of aromatic nitrogens is 2. The summed E-state index contributed by atoms with van der Waals surface area (Å²) in [6.07, 6.45) is 1.89. The van der Waals surface area contributed by atoms with Crippen LogP contribution in [0.15, 0.2) is 30.5 Å². The molecular weight excluding hydrogens is 174 g/mol. The molecule has 0 unspecified atom stereocenters. The monoisotopic (exact) mass is 187 g/mol. The molecule has 1 heterocycles. The van der Waals surface area contributed by atoms with Gasteiger partial charge in [0.05, 0.1) is 5.69 Å². The zero-order chi connectivity index (χ0) is 9.97. The van der Waals surface area contributed by atoms with Crippen molar-refractivity contribution in [3.05, 3.63) is 41.6 Å². The van der Waals surface area contributed by atoms with Crippen LogP contribution in [-0.2, 0) is 6.54 Å². The van der Waals surface area contributed by atoms with Crippen LogP contribution in [0.1, 0.15) is 11.1 Å². The van der Waals surface area contributed by atoms with Gasteiger partial charge < -0.3 is 5.73 Å². The first-order valence-electron chi connectivity index (χ1n) is 4.61. The first-order chi connectivity index (χ1) is 6.81. The predicted molar refractivity (Wildman–Crippen MR) is 56.7 cm³/mol. The molecule has 1 aromatic heterocycles. The van der Waals surface area contributed by atoms with Crippen LogP contribution in [0.4, 0.5) is 0 Å². The SMILES string of the molecule is Cc1c[nH]nc1-c1cccc(CN)c1. The van der Waals surface area contributed by atoms with E-state index in [9.17, 15) is 0 Å². The van der Waals surface area contributed by atoms with E-state index in [2.05, 4.69) is 16.3 Å². The van der Waals surface area contributed by atoms with Crippen molar-refractivity contribution in [1.29, 1.82) is 0 Å². The molecule has 14 heavy (non-hydrogen) atoms. The summed E-state index contributed by atoms with van der Waals surface area (Å²) in [6.45, 7) is 2.60. The zero-order valence-corrected chi connectivity index (χ0v) is 8.12. The summed E-state index contributed by atoms with van der Waals surface area (Å²) in [7, 11) is 0. The molecule has 0 atom stereocenters. The van der Waals surface area contributed by atoms with Crippen LogP contribution in [0, 0.1) is 6.92 Å². The molecule has 0 aliphatic heterocycles. The van der Waals surface area contributed by atoms with Crippen molar-refractivity contribution in [2.45, 2.75) is 13.5 Å². The second-order valence-electron chi connectivity index (χ2n) is 3.32. The van der Waals surface area contributed by atoms with E-state index in [1.54, 1.807) is 0 Å². The average molecular weight is 187 g/mol. The maximum absolute atomic E-state index is 5.58. The lowest BCUT2D eigenvalue weighted by Crippen LogP contribution is -1.96. The number of hydrogen-bond donors (Lipinski definition) is 2. The smallest absolute Gasteiger partial charge is 0.0949 e. The second-order valence-corrected chi connectivity index (χ2v) is 3.32. The van der Waals surface area contributed by atoms with E-state index >= 15 is 0 Å². The Morgan fingerprint density at radius 1 is 1.43 bits per heavy atom. The summed E-state index contributed by atoms with van der Waals surface area (Å²) >= 11 is 0. The van der Waals surface area contributed by atoms with Crippen LogP contribution in [-0.4, -0.2) is 10.2 Å². The van der Waals surface area contributed by atoms with E-state index in [1.165, 1.54) is 0 Å². The molecule has 0 amide bonds. The summed E-state index contributed by atoms with van der Waals surface area (Å²) in [5, 5.41) is 7.05. The van der Waals surface area contributed by atoms with Gasteiger partial charge in [-0.2, -0.15) is 5.10 Å². The van der Waals surface area contributed by atoms with E-state index in [1.807, 2.05) is 31.3 Å². The van der Waals surface area contributed by atoms with Crippen molar-refractivity contribution in [3.63, 3.8) is 0 Å². The highest BCUT2D eigenvalue weighted by molar-refractivity contribution is 5.62. The molecule has 3 heteroatoms. The number of aryl methyl sites for hydroxylation is 1. The van der Waals surface area contributed by atoms with E-state index < -0.39 is 0 Å². The molecule has 1 aromatic carbocycles. The fraction of sp³-hybridized carbons (Fsp3) is 0.182. The molecule has 0 fully saturated rings. The van der Waals surface area contributed by atoms with Crippen molar-refractivity contribution < 1.29 is 0 Å². The molecule has 2 aromatic rings. The minimum Gasteiger partial charge on any atom is -0.326 e. The predicted octanol–water partition coefficient (Wildman–Crippen LogP) is 1.84. The molecule has 0 radical (unpaired) electrons. The highest BCUT2D eigenvalue weighted by Gasteiger charge is 2.04. The largest absolute Gasteiger partial charge is 0.326 e. The lowest BCUT2D eigenvalue weighted by molar-refractivity contribution is 1.07. The van der Waals surface area contributed by atoms with Gasteiger partial charge in [0.2, 0.25) is 0 Å². The minimum absolute atomic E-state index is 0.567. The van der Waals surface area contributed by atoms with E-state index in [-0.39, 0.29) is 0 Å². The van der Waals surface area contributed by atoms with Gasteiger partial charge in [-0.05, 0) is 24.1 Å². The quantitative estimate of drug-likeness (QED) is 0.753. The van der Waals surface area contributed by atoms with Gasteiger partial charge in [-0.15, -0.1) is 0 Å². The number of nitrogens with two attached hydrogens (primary N) is 1. The van der Waals surface area contributed by atoms with E-state index in [0.29, 0.717) is 6.54 Å². The normalized spacial score (nSPS) is 10.4. The maximum atomic E-state index is 5.58. The van der Waals surface area contributed by atoms with Crippen LogP contribution in [0.25, 0.3) is 11.3 Å². The van der Waals surface area contributed by atoms with Crippen molar-refractivity contribution in [2.75, 3.05) is 0 Å².